The molecule has 2 aromatic carbocycles. The average Bonchev–Trinajstić information content (AvgIpc) is 2.36. The zero-order chi connectivity index (χ0) is 14.0. The molecule has 0 radical (unpaired) electrons. The molecule has 0 fully saturated rings. The van der Waals surface area contributed by atoms with Crippen LogP contribution in [-0.2, 0) is 6.42 Å². The smallest absolute Gasteiger partial charge is 0.167 e. The Labute approximate surface area is 124 Å². The maximum atomic E-state index is 13.4. The lowest BCUT2D eigenvalue weighted by atomic mass is 10.0. The molecule has 4 heteroatoms. The minimum Gasteiger partial charge on any atom is -0.294 e. The second kappa shape index (κ2) is 5.85. The number of carbonyl (C=O) groups is 1. The number of hydrogen-bond donors (Lipinski definition) is 0. The zero-order valence-electron chi connectivity index (χ0n) is 10.2. The fourth-order valence-electron chi connectivity index (χ4n) is 1.74. The lowest BCUT2D eigenvalue weighted by molar-refractivity contribution is 0.0992. The normalized spacial score (nSPS) is 10.5. The Bertz CT molecular complexity index is 640. The minimum absolute atomic E-state index is 0.155. The highest BCUT2D eigenvalue weighted by molar-refractivity contribution is 9.10. The van der Waals surface area contributed by atoms with Crippen molar-refractivity contribution in [1.29, 1.82) is 0 Å². The number of benzene rings is 2. The molecule has 19 heavy (non-hydrogen) atoms. The van der Waals surface area contributed by atoms with E-state index >= 15 is 0 Å². The number of Topliss-reactive ketones (excluding diaryl/α,β-unsaturated/α-hetero) is 1. The van der Waals surface area contributed by atoms with Crippen molar-refractivity contribution >= 4 is 33.3 Å². The van der Waals surface area contributed by atoms with Gasteiger partial charge in [0, 0.05) is 17.0 Å². The van der Waals surface area contributed by atoms with Crippen molar-refractivity contribution in [1.82, 2.24) is 0 Å². The molecule has 0 bridgehead atoms. The third-order valence-corrected chi connectivity index (χ3v) is 3.80. The molecular weight excluding hydrogens is 331 g/mol. The summed E-state index contributed by atoms with van der Waals surface area (Å²) >= 11 is 9.14. The van der Waals surface area contributed by atoms with Crippen molar-refractivity contribution in [3.63, 3.8) is 0 Å². The monoisotopic (exact) mass is 340 g/mol. The first kappa shape index (κ1) is 14.2. The van der Waals surface area contributed by atoms with Gasteiger partial charge in [-0.3, -0.25) is 4.79 Å². The Morgan fingerprint density at radius 2 is 2.00 bits per heavy atom. The van der Waals surface area contributed by atoms with Crippen molar-refractivity contribution < 1.29 is 9.18 Å². The quantitative estimate of drug-likeness (QED) is 0.720. The number of ketones is 1. The van der Waals surface area contributed by atoms with Gasteiger partial charge in [-0.05, 0) is 52.2 Å². The Kier molecular flexibility index (Phi) is 4.38. The first-order valence-corrected chi connectivity index (χ1v) is 6.88. The van der Waals surface area contributed by atoms with E-state index < -0.39 is 5.82 Å². The van der Waals surface area contributed by atoms with E-state index in [1.54, 1.807) is 6.07 Å². The molecule has 0 spiro atoms. The molecule has 0 heterocycles. The van der Waals surface area contributed by atoms with E-state index in [1.807, 2.05) is 25.1 Å². The van der Waals surface area contributed by atoms with E-state index in [0.29, 0.717) is 15.1 Å². The molecular formula is C15H11BrClFO. The van der Waals surface area contributed by atoms with E-state index in [2.05, 4.69) is 15.9 Å². The SMILES string of the molecule is Cc1ccc(CC(=O)c2ccc(Br)c(F)c2)c(Cl)c1. The molecule has 0 aromatic heterocycles. The average molecular weight is 342 g/mol. The van der Waals surface area contributed by atoms with Crippen LogP contribution in [0.25, 0.3) is 0 Å². The summed E-state index contributed by atoms with van der Waals surface area (Å²) in [5.41, 5.74) is 2.13. The van der Waals surface area contributed by atoms with E-state index in [0.717, 1.165) is 11.1 Å². The highest BCUT2D eigenvalue weighted by atomic mass is 79.9. The molecule has 0 aliphatic rings. The Hall–Kier alpha value is -1.19. The van der Waals surface area contributed by atoms with Crippen LogP contribution in [0, 0.1) is 12.7 Å². The number of halogens is 3. The van der Waals surface area contributed by atoms with Crippen LogP contribution in [0.1, 0.15) is 21.5 Å². The van der Waals surface area contributed by atoms with Gasteiger partial charge in [0.25, 0.3) is 0 Å². The van der Waals surface area contributed by atoms with Crippen molar-refractivity contribution in [2.75, 3.05) is 0 Å². The van der Waals surface area contributed by atoms with Crippen molar-refractivity contribution in [2.45, 2.75) is 13.3 Å². The summed E-state index contributed by atoms with van der Waals surface area (Å²) in [7, 11) is 0. The first-order valence-electron chi connectivity index (χ1n) is 5.70. The summed E-state index contributed by atoms with van der Waals surface area (Å²) in [5.74, 6) is -0.599. The van der Waals surface area contributed by atoms with Gasteiger partial charge in [0.1, 0.15) is 5.82 Å². The van der Waals surface area contributed by atoms with Crippen LogP contribution in [0.5, 0.6) is 0 Å². The van der Waals surface area contributed by atoms with Gasteiger partial charge >= 0.3 is 0 Å². The summed E-state index contributed by atoms with van der Waals surface area (Å²) in [6.07, 6.45) is 0.167. The fourth-order valence-corrected chi connectivity index (χ4v) is 2.29. The fraction of sp³-hybridized carbons (Fsp3) is 0.133. The first-order chi connectivity index (χ1) is 8.97. The minimum atomic E-state index is -0.444. The number of aryl methyl sites for hydroxylation is 1. The van der Waals surface area contributed by atoms with E-state index in [-0.39, 0.29) is 12.2 Å². The molecule has 98 valence electrons. The third kappa shape index (κ3) is 3.43. The van der Waals surface area contributed by atoms with Gasteiger partial charge < -0.3 is 0 Å². The van der Waals surface area contributed by atoms with Gasteiger partial charge in [-0.1, -0.05) is 29.8 Å². The summed E-state index contributed by atoms with van der Waals surface area (Å²) in [6, 6.07) is 9.89. The lowest BCUT2D eigenvalue weighted by Crippen LogP contribution is -2.04. The molecule has 0 aliphatic carbocycles. The lowest BCUT2D eigenvalue weighted by Gasteiger charge is -2.05. The van der Waals surface area contributed by atoms with E-state index in [1.165, 1.54) is 12.1 Å². The third-order valence-electron chi connectivity index (χ3n) is 2.80. The summed E-state index contributed by atoms with van der Waals surface area (Å²) in [5, 5.41) is 0.561. The Balaban J connectivity index is 2.23. The standard InChI is InChI=1S/C15H11BrClFO/c1-9-2-3-10(13(17)6-9)8-15(19)11-4-5-12(16)14(18)7-11/h2-7H,8H2,1H3. The summed E-state index contributed by atoms with van der Waals surface area (Å²) in [4.78, 5) is 12.1. The molecule has 0 aliphatic heterocycles. The summed E-state index contributed by atoms with van der Waals surface area (Å²) < 4.78 is 13.7. The Morgan fingerprint density at radius 3 is 2.63 bits per heavy atom. The molecule has 0 amide bonds. The second-order valence-corrected chi connectivity index (χ2v) is 5.59. The van der Waals surface area contributed by atoms with Crippen molar-refractivity contribution in [2.24, 2.45) is 0 Å². The molecule has 0 saturated heterocycles. The molecule has 0 atom stereocenters. The molecule has 2 aromatic rings. The van der Waals surface area contributed by atoms with E-state index in [4.69, 9.17) is 11.6 Å². The molecule has 2 rings (SSSR count). The highest BCUT2D eigenvalue weighted by Gasteiger charge is 2.11. The number of carbonyl (C=O) groups excluding carboxylic acids is 1. The van der Waals surface area contributed by atoms with Crippen LogP contribution in [0.4, 0.5) is 4.39 Å². The molecule has 0 unspecified atom stereocenters. The van der Waals surface area contributed by atoms with Gasteiger partial charge in [-0.15, -0.1) is 0 Å². The maximum Gasteiger partial charge on any atom is 0.167 e. The topological polar surface area (TPSA) is 17.1 Å². The summed E-state index contributed by atoms with van der Waals surface area (Å²) in [6.45, 7) is 1.93. The molecule has 0 saturated carbocycles. The second-order valence-electron chi connectivity index (χ2n) is 4.32. The van der Waals surface area contributed by atoms with Crippen LogP contribution >= 0.6 is 27.5 Å². The van der Waals surface area contributed by atoms with Crippen LogP contribution in [-0.4, -0.2) is 5.78 Å². The maximum absolute atomic E-state index is 13.4. The van der Waals surface area contributed by atoms with Gasteiger partial charge in [-0.2, -0.15) is 0 Å². The van der Waals surface area contributed by atoms with Crippen LogP contribution in [0.2, 0.25) is 5.02 Å². The van der Waals surface area contributed by atoms with Crippen molar-refractivity contribution in [3.8, 4) is 0 Å². The highest BCUT2D eigenvalue weighted by Crippen LogP contribution is 2.21. The van der Waals surface area contributed by atoms with E-state index in [9.17, 15) is 9.18 Å². The van der Waals surface area contributed by atoms with Crippen LogP contribution in [0.15, 0.2) is 40.9 Å². The van der Waals surface area contributed by atoms with Gasteiger partial charge in [0.15, 0.2) is 5.78 Å². The molecule has 0 N–H and O–H groups in total. The van der Waals surface area contributed by atoms with Crippen LogP contribution in [0.3, 0.4) is 0 Å². The molecule has 1 nitrogen and oxygen atoms in total. The van der Waals surface area contributed by atoms with Gasteiger partial charge in [-0.25, -0.2) is 4.39 Å². The van der Waals surface area contributed by atoms with Gasteiger partial charge in [0.05, 0.1) is 4.47 Å². The predicted octanol–water partition coefficient (Wildman–Crippen LogP) is 4.98. The largest absolute Gasteiger partial charge is 0.294 e. The number of hydrogen-bond acceptors (Lipinski definition) is 1. The van der Waals surface area contributed by atoms with Crippen LogP contribution < -0.4 is 0 Å². The zero-order valence-corrected chi connectivity index (χ0v) is 12.6. The number of rotatable bonds is 3. The van der Waals surface area contributed by atoms with Crippen molar-refractivity contribution in [3.05, 3.63) is 68.4 Å². The predicted molar refractivity (Wildman–Crippen MR) is 78.3 cm³/mol. The Morgan fingerprint density at radius 1 is 1.26 bits per heavy atom. The van der Waals surface area contributed by atoms with Gasteiger partial charge in [0.2, 0.25) is 0 Å².